The largest absolute Gasteiger partial charge is 0.481 e. The van der Waals surface area contributed by atoms with E-state index in [1.807, 2.05) is 31.2 Å². The average molecular weight is 660 g/mol. The van der Waals surface area contributed by atoms with Crippen LogP contribution < -0.4 is 4.74 Å². The highest BCUT2D eigenvalue weighted by Crippen LogP contribution is 2.44. The summed E-state index contributed by atoms with van der Waals surface area (Å²) in [6.45, 7) is 3.90. The standard InChI is InChI=1S/C28H36Br2O8/c1-3-23(37-27-21(29)5-4-6-22(27)30)28(36)38-24-13-18(32)11-16-8-7-15(2)20(26(16)24)10-9-17(31)12-19(33)14-25(34)35/h4-8,11,15,17-20,23-24,26,31-33H,3,9-10,12-14H2,1-2H3,(H,34,35)/t15-,17+,18+,19+,20-,23?,24-,26-/m0/s1. The van der Waals surface area contributed by atoms with E-state index in [1.54, 1.807) is 6.08 Å². The van der Waals surface area contributed by atoms with Gasteiger partial charge in [0.2, 0.25) is 0 Å². The van der Waals surface area contributed by atoms with Crippen molar-refractivity contribution in [2.45, 2.75) is 82.9 Å². The number of allylic oxidation sites excluding steroid dienone is 2. The van der Waals surface area contributed by atoms with Crippen LogP contribution in [0.25, 0.3) is 0 Å². The monoisotopic (exact) mass is 658 g/mol. The Hall–Kier alpha value is -1.72. The Balaban J connectivity index is 1.73. The van der Waals surface area contributed by atoms with Crippen molar-refractivity contribution in [2.75, 3.05) is 0 Å². The van der Waals surface area contributed by atoms with E-state index in [2.05, 4.69) is 44.9 Å². The van der Waals surface area contributed by atoms with Gasteiger partial charge in [0.1, 0.15) is 11.9 Å². The third kappa shape index (κ3) is 8.14. The highest BCUT2D eigenvalue weighted by atomic mass is 79.9. The molecule has 0 heterocycles. The zero-order chi connectivity index (χ0) is 28.0. The number of hydrogen-bond acceptors (Lipinski definition) is 7. The normalized spacial score (nSPS) is 27.0. The molecular formula is C28H36Br2O8. The fourth-order valence-electron chi connectivity index (χ4n) is 5.35. The van der Waals surface area contributed by atoms with Gasteiger partial charge < -0.3 is 29.9 Å². The van der Waals surface area contributed by atoms with E-state index in [1.165, 1.54) is 0 Å². The summed E-state index contributed by atoms with van der Waals surface area (Å²) in [7, 11) is 0. The topological polar surface area (TPSA) is 134 Å². The summed E-state index contributed by atoms with van der Waals surface area (Å²) in [4.78, 5) is 24.1. The van der Waals surface area contributed by atoms with Gasteiger partial charge in [0.05, 0.1) is 33.7 Å². The lowest BCUT2D eigenvalue weighted by atomic mass is 9.66. The van der Waals surface area contributed by atoms with Crippen molar-refractivity contribution in [2.24, 2.45) is 17.8 Å². The van der Waals surface area contributed by atoms with E-state index in [0.29, 0.717) is 34.0 Å². The van der Waals surface area contributed by atoms with Crippen LogP contribution in [0.15, 0.2) is 50.9 Å². The third-order valence-electron chi connectivity index (χ3n) is 7.24. The van der Waals surface area contributed by atoms with Crippen LogP contribution in [0.5, 0.6) is 5.75 Å². The molecule has 0 fully saturated rings. The number of ether oxygens (including phenoxy) is 2. The fourth-order valence-corrected chi connectivity index (χ4v) is 6.53. The SMILES string of the molecule is CCC(Oc1c(Br)cccc1Br)C(=O)O[C@H]1C[C@H](O)C=C2C=C[C@H](C)[C@H](CC[C@@H](O)C[C@@H](O)CC(=O)O)[C@H]21. The van der Waals surface area contributed by atoms with Crippen molar-refractivity contribution in [3.8, 4) is 5.75 Å². The Kier molecular flexibility index (Phi) is 11.4. The number of esters is 1. The van der Waals surface area contributed by atoms with Crippen molar-refractivity contribution < 1.29 is 39.5 Å². The van der Waals surface area contributed by atoms with Gasteiger partial charge in [-0.1, -0.05) is 38.1 Å². The maximum atomic E-state index is 13.3. The maximum absolute atomic E-state index is 13.3. The van der Waals surface area contributed by atoms with Gasteiger partial charge in [-0.2, -0.15) is 0 Å². The van der Waals surface area contributed by atoms with Crippen LogP contribution in [0.3, 0.4) is 0 Å². The number of fused-ring (bicyclic) bond motifs is 1. The molecule has 38 heavy (non-hydrogen) atoms. The summed E-state index contributed by atoms with van der Waals surface area (Å²) in [5, 5.41) is 39.7. The minimum Gasteiger partial charge on any atom is -0.481 e. The number of benzene rings is 1. The molecular weight excluding hydrogens is 624 g/mol. The first-order valence-corrected chi connectivity index (χ1v) is 14.6. The van der Waals surface area contributed by atoms with E-state index in [-0.39, 0.29) is 30.6 Å². The second-order valence-electron chi connectivity index (χ2n) is 10.1. The molecule has 1 aromatic rings. The van der Waals surface area contributed by atoms with E-state index in [0.717, 1.165) is 5.57 Å². The number of carbonyl (C=O) groups is 2. The summed E-state index contributed by atoms with van der Waals surface area (Å²) in [5.41, 5.74) is 0.896. The van der Waals surface area contributed by atoms with Crippen LogP contribution in [-0.2, 0) is 14.3 Å². The van der Waals surface area contributed by atoms with Gasteiger partial charge in [0, 0.05) is 12.3 Å². The molecule has 3 rings (SSSR count). The molecule has 0 aromatic heterocycles. The smallest absolute Gasteiger partial charge is 0.347 e. The quantitative estimate of drug-likeness (QED) is 0.236. The second-order valence-corrected chi connectivity index (χ2v) is 11.8. The van der Waals surface area contributed by atoms with Crippen molar-refractivity contribution >= 4 is 43.8 Å². The molecule has 0 aliphatic heterocycles. The van der Waals surface area contributed by atoms with Crippen LogP contribution in [0.2, 0.25) is 0 Å². The Labute approximate surface area is 240 Å². The Morgan fingerprint density at radius 3 is 2.47 bits per heavy atom. The number of halogens is 2. The highest BCUT2D eigenvalue weighted by molar-refractivity contribution is 9.11. The van der Waals surface area contributed by atoms with Crippen LogP contribution >= 0.6 is 31.9 Å². The summed E-state index contributed by atoms with van der Waals surface area (Å²) >= 11 is 6.91. The number of carboxylic acids is 1. The first-order valence-electron chi connectivity index (χ1n) is 13.0. The summed E-state index contributed by atoms with van der Waals surface area (Å²) in [6.07, 6.45) is 2.82. The van der Waals surface area contributed by atoms with Crippen molar-refractivity contribution in [1.29, 1.82) is 0 Å². The molecule has 0 spiro atoms. The van der Waals surface area contributed by atoms with Gasteiger partial charge >= 0.3 is 11.9 Å². The number of hydrogen-bond donors (Lipinski definition) is 4. The molecule has 0 saturated carbocycles. The zero-order valence-electron chi connectivity index (χ0n) is 21.5. The molecule has 0 bridgehead atoms. The maximum Gasteiger partial charge on any atom is 0.347 e. The molecule has 10 heteroatoms. The first-order chi connectivity index (χ1) is 18.0. The van der Waals surface area contributed by atoms with Crippen LogP contribution in [0.1, 0.15) is 52.4 Å². The predicted molar refractivity (Wildman–Crippen MR) is 149 cm³/mol. The molecule has 1 aromatic carbocycles. The molecule has 4 N–H and O–H groups in total. The zero-order valence-corrected chi connectivity index (χ0v) is 24.7. The minimum atomic E-state index is -1.11. The molecule has 8 nitrogen and oxygen atoms in total. The van der Waals surface area contributed by atoms with Gasteiger partial charge in [-0.3, -0.25) is 4.79 Å². The Morgan fingerprint density at radius 2 is 1.84 bits per heavy atom. The predicted octanol–water partition coefficient (Wildman–Crippen LogP) is 4.78. The van der Waals surface area contributed by atoms with Gasteiger partial charge in [0.25, 0.3) is 0 Å². The minimum absolute atomic E-state index is 0.0150. The number of aliphatic carboxylic acids is 1. The molecule has 0 amide bonds. The van der Waals surface area contributed by atoms with Gasteiger partial charge in [-0.15, -0.1) is 0 Å². The van der Waals surface area contributed by atoms with Crippen molar-refractivity contribution in [1.82, 2.24) is 0 Å². The molecule has 2 aliphatic rings. The summed E-state index contributed by atoms with van der Waals surface area (Å²) in [5.74, 6) is -1.15. The molecule has 0 radical (unpaired) electrons. The Morgan fingerprint density at radius 1 is 1.16 bits per heavy atom. The van der Waals surface area contributed by atoms with Crippen molar-refractivity contribution in [3.63, 3.8) is 0 Å². The number of para-hydroxylation sites is 1. The number of carboxylic acid groups (broad SMARTS) is 1. The number of carbonyl (C=O) groups excluding carboxylic acids is 1. The van der Waals surface area contributed by atoms with Gasteiger partial charge in [0.15, 0.2) is 6.10 Å². The highest BCUT2D eigenvalue weighted by Gasteiger charge is 2.42. The van der Waals surface area contributed by atoms with Crippen molar-refractivity contribution in [3.05, 3.63) is 50.9 Å². The van der Waals surface area contributed by atoms with E-state index < -0.39 is 48.9 Å². The number of rotatable bonds is 12. The Bertz CT molecular complexity index is 1020. The summed E-state index contributed by atoms with van der Waals surface area (Å²) in [6, 6.07) is 5.49. The molecule has 1 unspecified atom stereocenters. The molecule has 2 aliphatic carbocycles. The molecule has 8 atom stereocenters. The lowest BCUT2D eigenvalue weighted by molar-refractivity contribution is -0.163. The number of aliphatic hydroxyl groups excluding tert-OH is 3. The van der Waals surface area contributed by atoms with Crippen LogP contribution in [-0.4, -0.2) is 62.9 Å². The van der Waals surface area contributed by atoms with Crippen LogP contribution in [0, 0.1) is 17.8 Å². The third-order valence-corrected chi connectivity index (χ3v) is 8.49. The van der Waals surface area contributed by atoms with E-state index >= 15 is 0 Å². The average Bonchev–Trinajstić information content (AvgIpc) is 2.82. The second kappa shape index (κ2) is 14.1. The molecule has 0 saturated heterocycles. The fraction of sp³-hybridized carbons (Fsp3) is 0.571. The van der Waals surface area contributed by atoms with Gasteiger partial charge in [-0.05, 0) is 87.1 Å². The number of aliphatic hydroxyl groups is 3. The summed E-state index contributed by atoms with van der Waals surface area (Å²) < 4.78 is 13.5. The first kappa shape index (κ1) is 30.8. The lowest BCUT2D eigenvalue weighted by Crippen LogP contribution is -2.44. The van der Waals surface area contributed by atoms with E-state index in [4.69, 9.17) is 14.6 Å². The van der Waals surface area contributed by atoms with Gasteiger partial charge in [-0.25, -0.2) is 4.79 Å². The lowest BCUT2D eigenvalue weighted by Gasteiger charge is -2.43. The van der Waals surface area contributed by atoms with E-state index in [9.17, 15) is 24.9 Å². The molecule has 210 valence electrons. The van der Waals surface area contributed by atoms with Crippen LogP contribution in [0.4, 0.5) is 0 Å².